The molecule has 0 fully saturated rings. The fourth-order valence-electron chi connectivity index (χ4n) is 0.994. The van der Waals surface area contributed by atoms with Crippen molar-refractivity contribution < 1.29 is 4.79 Å². The SMILES string of the molecule is [B]CC(C)C(=O)c1ccccc1. The van der Waals surface area contributed by atoms with E-state index in [0.717, 1.165) is 5.56 Å². The first-order valence-corrected chi connectivity index (χ1v) is 4.05. The maximum absolute atomic E-state index is 11.5. The monoisotopic (exact) mass is 158 g/mol. The van der Waals surface area contributed by atoms with Crippen LogP contribution in [0.3, 0.4) is 0 Å². The lowest BCUT2D eigenvalue weighted by Gasteiger charge is -2.06. The normalized spacial score (nSPS) is 12.4. The molecule has 2 heteroatoms. The molecular formula is C10H11BO. The maximum atomic E-state index is 11.5. The van der Waals surface area contributed by atoms with Gasteiger partial charge in [0, 0.05) is 11.5 Å². The number of hydrogen-bond donors (Lipinski definition) is 0. The highest BCUT2D eigenvalue weighted by atomic mass is 16.1. The van der Waals surface area contributed by atoms with Crippen molar-refractivity contribution >= 4 is 13.6 Å². The minimum Gasteiger partial charge on any atom is -0.294 e. The van der Waals surface area contributed by atoms with Crippen molar-refractivity contribution in [3.8, 4) is 0 Å². The van der Waals surface area contributed by atoms with Gasteiger partial charge in [0.25, 0.3) is 0 Å². The molecule has 1 unspecified atom stereocenters. The van der Waals surface area contributed by atoms with Gasteiger partial charge in [-0.2, -0.15) is 0 Å². The number of carbonyl (C=O) groups is 1. The van der Waals surface area contributed by atoms with E-state index in [1.165, 1.54) is 0 Å². The van der Waals surface area contributed by atoms with Crippen LogP contribution in [0.15, 0.2) is 30.3 Å². The van der Waals surface area contributed by atoms with Crippen LogP contribution in [0, 0.1) is 5.92 Å². The molecule has 0 saturated carbocycles. The molecule has 0 heterocycles. The van der Waals surface area contributed by atoms with Crippen molar-refractivity contribution in [1.82, 2.24) is 0 Å². The fraction of sp³-hybridized carbons (Fsp3) is 0.300. The molecule has 0 bridgehead atoms. The molecule has 1 atom stereocenters. The lowest BCUT2D eigenvalue weighted by atomic mass is 9.87. The third kappa shape index (κ3) is 1.97. The van der Waals surface area contributed by atoms with Gasteiger partial charge in [-0.15, -0.1) is 0 Å². The summed E-state index contributed by atoms with van der Waals surface area (Å²) in [5, 5.41) is 0. The molecule has 0 aliphatic carbocycles. The van der Waals surface area contributed by atoms with Gasteiger partial charge in [-0.1, -0.05) is 43.6 Å². The fourth-order valence-corrected chi connectivity index (χ4v) is 0.994. The molecule has 0 amide bonds. The van der Waals surface area contributed by atoms with E-state index in [-0.39, 0.29) is 11.7 Å². The zero-order chi connectivity index (χ0) is 8.97. The molecule has 12 heavy (non-hydrogen) atoms. The quantitative estimate of drug-likeness (QED) is 0.486. The molecule has 0 saturated heterocycles. The Kier molecular flexibility index (Phi) is 3.09. The first-order chi connectivity index (χ1) is 5.75. The molecule has 1 rings (SSSR count). The van der Waals surface area contributed by atoms with Crippen LogP contribution < -0.4 is 0 Å². The van der Waals surface area contributed by atoms with E-state index in [9.17, 15) is 4.79 Å². The van der Waals surface area contributed by atoms with Gasteiger partial charge in [0.05, 0.1) is 7.85 Å². The molecule has 1 aromatic carbocycles. The molecule has 2 radical (unpaired) electrons. The van der Waals surface area contributed by atoms with Crippen molar-refractivity contribution in [2.45, 2.75) is 13.2 Å². The minimum absolute atomic E-state index is 0.0765. The standard InChI is InChI=1S/C10H11BO/c1-8(7-11)10(12)9-5-3-2-4-6-9/h2-6,8H,7H2,1H3. The third-order valence-corrected chi connectivity index (χ3v) is 1.86. The van der Waals surface area contributed by atoms with Crippen LogP contribution in [0.1, 0.15) is 17.3 Å². The molecule has 0 spiro atoms. The predicted molar refractivity (Wildman–Crippen MR) is 50.5 cm³/mol. The lowest BCUT2D eigenvalue weighted by molar-refractivity contribution is 0.0940. The van der Waals surface area contributed by atoms with Crippen LogP contribution >= 0.6 is 0 Å². The van der Waals surface area contributed by atoms with Crippen molar-refractivity contribution in [1.29, 1.82) is 0 Å². The van der Waals surface area contributed by atoms with Gasteiger partial charge >= 0.3 is 0 Å². The highest BCUT2D eigenvalue weighted by Crippen LogP contribution is 2.10. The number of ketones is 1. The number of hydrogen-bond acceptors (Lipinski definition) is 1. The summed E-state index contributed by atoms with van der Waals surface area (Å²) in [5.41, 5.74) is 0.746. The van der Waals surface area contributed by atoms with Gasteiger partial charge in [0.15, 0.2) is 5.78 Å². The Morgan fingerprint density at radius 2 is 2.00 bits per heavy atom. The summed E-state index contributed by atoms with van der Waals surface area (Å²) in [6.45, 7) is 1.84. The molecule has 0 N–H and O–H groups in total. The number of benzene rings is 1. The lowest BCUT2D eigenvalue weighted by Crippen LogP contribution is -2.10. The molecule has 1 aromatic rings. The minimum atomic E-state index is -0.0765. The summed E-state index contributed by atoms with van der Waals surface area (Å²) in [6.07, 6.45) is 0.410. The summed E-state index contributed by atoms with van der Waals surface area (Å²) in [5.74, 6) is 0.0468. The smallest absolute Gasteiger partial charge is 0.164 e. The number of rotatable bonds is 3. The summed E-state index contributed by atoms with van der Waals surface area (Å²) in [4.78, 5) is 11.5. The Labute approximate surface area is 74.2 Å². The Balaban J connectivity index is 2.79. The zero-order valence-corrected chi connectivity index (χ0v) is 7.16. The average Bonchev–Trinajstić information content (AvgIpc) is 2.17. The summed E-state index contributed by atoms with van der Waals surface area (Å²) < 4.78 is 0. The second-order valence-corrected chi connectivity index (χ2v) is 2.87. The highest BCUT2D eigenvalue weighted by Gasteiger charge is 2.11. The third-order valence-electron chi connectivity index (χ3n) is 1.86. The van der Waals surface area contributed by atoms with Crippen LogP contribution in [0.2, 0.25) is 6.32 Å². The van der Waals surface area contributed by atoms with Gasteiger partial charge in [0.1, 0.15) is 0 Å². The van der Waals surface area contributed by atoms with Gasteiger partial charge in [-0.25, -0.2) is 0 Å². The van der Waals surface area contributed by atoms with Gasteiger partial charge in [-0.05, 0) is 0 Å². The molecule has 0 aliphatic heterocycles. The van der Waals surface area contributed by atoms with E-state index in [2.05, 4.69) is 0 Å². The van der Waals surface area contributed by atoms with E-state index >= 15 is 0 Å². The van der Waals surface area contributed by atoms with Crippen LogP contribution in [-0.2, 0) is 0 Å². The molecule has 60 valence electrons. The van der Waals surface area contributed by atoms with E-state index in [1.54, 1.807) is 0 Å². The topological polar surface area (TPSA) is 17.1 Å². The van der Waals surface area contributed by atoms with Crippen LogP contribution in [0.4, 0.5) is 0 Å². The van der Waals surface area contributed by atoms with Crippen molar-refractivity contribution in [2.75, 3.05) is 0 Å². The summed E-state index contributed by atoms with van der Waals surface area (Å²) >= 11 is 0. The van der Waals surface area contributed by atoms with E-state index in [4.69, 9.17) is 7.85 Å². The number of Topliss-reactive ketones (excluding diaryl/α,β-unsaturated/α-hetero) is 1. The molecule has 0 aliphatic rings. The van der Waals surface area contributed by atoms with Crippen LogP contribution in [-0.4, -0.2) is 13.6 Å². The van der Waals surface area contributed by atoms with Crippen molar-refractivity contribution in [3.63, 3.8) is 0 Å². The van der Waals surface area contributed by atoms with Gasteiger partial charge < -0.3 is 0 Å². The number of carbonyl (C=O) groups excluding carboxylic acids is 1. The summed E-state index contributed by atoms with van der Waals surface area (Å²) in [7, 11) is 5.39. The average molecular weight is 158 g/mol. The van der Waals surface area contributed by atoms with Crippen molar-refractivity contribution in [3.05, 3.63) is 35.9 Å². The van der Waals surface area contributed by atoms with Crippen LogP contribution in [0.5, 0.6) is 0 Å². The first-order valence-electron chi connectivity index (χ1n) is 4.05. The Morgan fingerprint density at radius 1 is 1.42 bits per heavy atom. The second-order valence-electron chi connectivity index (χ2n) is 2.87. The Hall–Kier alpha value is -1.05. The van der Waals surface area contributed by atoms with Crippen LogP contribution in [0.25, 0.3) is 0 Å². The van der Waals surface area contributed by atoms with E-state index in [1.807, 2.05) is 37.3 Å². The summed E-state index contributed by atoms with van der Waals surface area (Å²) in [6, 6.07) is 9.24. The van der Waals surface area contributed by atoms with E-state index < -0.39 is 0 Å². The van der Waals surface area contributed by atoms with Gasteiger partial charge in [0.2, 0.25) is 0 Å². The molecule has 0 aromatic heterocycles. The maximum Gasteiger partial charge on any atom is 0.164 e. The Bertz CT molecular complexity index is 256. The van der Waals surface area contributed by atoms with E-state index in [0.29, 0.717) is 6.32 Å². The molecular weight excluding hydrogens is 147 g/mol. The largest absolute Gasteiger partial charge is 0.294 e. The van der Waals surface area contributed by atoms with Crippen molar-refractivity contribution in [2.24, 2.45) is 5.92 Å². The zero-order valence-electron chi connectivity index (χ0n) is 7.16. The predicted octanol–water partition coefficient (Wildman–Crippen LogP) is 2.09. The molecule has 1 nitrogen and oxygen atoms in total. The second kappa shape index (κ2) is 4.10. The Morgan fingerprint density at radius 3 is 2.50 bits per heavy atom. The first kappa shape index (κ1) is 9.05. The highest BCUT2D eigenvalue weighted by molar-refractivity contribution is 6.12. The van der Waals surface area contributed by atoms with Gasteiger partial charge in [-0.3, -0.25) is 4.79 Å².